The summed E-state index contributed by atoms with van der Waals surface area (Å²) in [6.07, 6.45) is -3.58. The third-order valence-corrected chi connectivity index (χ3v) is 4.69. The van der Waals surface area contributed by atoms with Crippen LogP contribution >= 0.6 is 0 Å². The smallest absolute Gasteiger partial charge is 0.348 e. The van der Waals surface area contributed by atoms with Crippen LogP contribution in [0.1, 0.15) is 67.2 Å². The minimum absolute atomic E-state index is 0.0854. The molecule has 8 nitrogen and oxygen atoms in total. The maximum absolute atomic E-state index is 12.5. The number of halogens is 3. The third kappa shape index (κ3) is 13.9. The van der Waals surface area contributed by atoms with Crippen molar-refractivity contribution in [3.8, 4) is 0 Å². The molecule has 0 aromatic rings. The Morgan fingerprint density at radius 3 is 1.94 bits per heavy atom. The number of amides is 3. The fourth-order valence-electron chi connectivity index (χ4n) is 3.12. The number of hydrogen-bond donors (Lipinski definition) is 4. The Bertz CT molecular complexity index is 642. The zero-order chi connectivity index (χ0) is 25.8. The molecule has 0 aliphatic rings. The van der Waals surface area contributed by atoms with Gasteiger partial charge in [-0.25, -0.2) is 0 Å². The molecule has 0 fully saturated rings. The molecule has 0 aliphatic carbocycles. The van der Waals surface area contributed by atoms with E-state index < -0.39 is 30.1 Å². The Morgan fingerprint density at radius 1 is 0.848 bits per heavy atom. The van der Waals surface area contributed by atoms with Gasteiger partial charge in [0.25, 0.3) is 0 Å². The third-order valence-electron chi connectivity index (χ3n) is 4.69. The van der Waals surface area contributed by atoms with Gasteiger partial charge in [-0.1, -0.05) is 41.5 Å². The van der Waals surface area contributed by atoms with Crippen LogP contribution in [-0.2, 0) is 19.2 Å². The van der Waals surface area contributed by atoms with Crippen LogP contribution in [0.25, 0.3) is 0 Å². The van der Waals surface area contributed by atoms with Crippen LogP contribution < -0.4 is 21.3 Å². The van der Waals surface area contributed by atoms with Crippen molar-refractivity contribution in [2.45, 2.75) is 91.5 Å². The summed E-state index contributed by atoms with van der Waals surface area (Å²) in [5.74, 6) is -3.15. The molecule has 0 aromatic carbocycles. The van der Waals surface area contributed by atoms with Crippen molar-refractivity contribution in [3.63, 3.8) is 0 Å². The fraction of sp³-hybridized carbons (Fsp3) is 0.818. The molecule has 33 heavy (non-hydrogen) atoms. The van der Waals surface area contributed by atoms with Crippen molar-refractivity contribution in [1.29, 1.82) is 0 Å². The lowest BCUT2D eigenvalue weighted by Gasteiger charge is -2.23. The maximum Gasteiger partial charge on any atom is 0.471 e. The first-order chi connectivity index (χ1) is 15.1. The Morgan fingerprint density at radius 2 is 1.45 bits per heavy atom. The lowest BCUT2D eigenvalue weighted by Crippen LogP contribution is -2.51. The number of rotatable bonds is 15. The van der Waals surface area contributed by atoms with Crippen molar-refractivity contribution >= 4 is 23.5 Å². The highest BCUT2D eigenvalue weighted by Gasteiger charge is 2.38. The van der Waals surface area contributed by atoms with Crippen LogP contribution in [0.2, 0.25) is 0 Å². The van der Waals surface area contributed by atoms with E-state index in [0.29, 0.717) is 12.8 Å². The molecule has 0 heterocycles. The minimum atomic E-state index is -4.94. The molecular formula is C22H39F3N4O4. The molecule has 0 rings (SSSR count). The fourth-order valence-corrected chi connectivity index (χ4v) is 3.12. The second-order valence-corrected chi connectivity index (χ2v) is 9.15. The normalized spacial score (nSPS) is 13.7. The van der Waals surface area contributed by atoms with Gasteiger partial charge in [0.05, 0.1) is 18.6 Å². The Labute approximate surface area is 194 Å². The molecule has 0 spiro atoms. The van der Waals surface area contributed by atoms with Crippen LogP contribution in [0.3, 0.4) is 0 Å². The SMILES string of the molecule is CC(C)C[C@H](NC(C)C)C(=O)NCC(=O)N[C@@H](CCCCNC(=O)C(F)(F)F)C(=O)C(C)C. The topological polar surface area (TPSA) is 116 Å². The predicted octanol–water partition coefficient (Wildman–Crippen LogP) is 2.07. The van der Waals surface area contributed by atoms with Crippen molar-refractivity contribution in [2.75, 3.05) is 13.1 Å². The van der Waals surface area contributed by atoms with Crippen molar-refractivity contribution in [3.05, 3.63) is 0 Å². The van der Waals surface area contributed by atoms with E-state index in [1.165, 1.54) is 0 Å². The standard InChI is InChI=1S/C22H39F3N4O4/c1-13(2)11-17(28-15(5)6)20(32)27-12-18(30)29-16(19(31)14(3)4)9-7-8-10-26-21(33)22(23,24)25/h13-17,28H,7-12H2,1-6H3,(H,26,33)(H,27,32)(H,29,30)/t16-,17-/m0/s1. The molecule has 0 aliphatic heterocycles. The molecule has 4 N–H and O–H groups in total. The van der Waals surface area contributed by atoms with Crippen LogP contribution in [0, 0.1) is 11.8 Å². The lowest BCUT2D eigenvalue weighted by atomic mass is 9.97. The molecule has 0 saturated carbocycles. The summed E-state index contributed by atoms with van der Waals surface area (Å²) in [6.45, 7) is 10.7. The van der Waals surface area contributed by atoms with Gasteiger partial charge >= 0.3 is 12.1 Å². The van der Waals surface area contributed by atoms with E-state index >= 15 is 0 Å². The lowest BCUT2D eigenvalue weighted by molar-refractivity contribution is -0.173. The summed E-state index contributed by atoms with van der Waals surface area (Å²) in [5, 5.41) is 10.1. The Kier molecular flexibility index (Phi) is 13.9. The van der Waals surface area contributed by atoms with Crippen LogP contribution in [-0.4, -0.2) is 60.9 Å². The van der Waals surface area contributed by atoms with Crippen LogP contribution in [0.15, 0.2) is 0 Å². The Hall–Kier alpha value is -2.17. The second kappa shape index (κ2) is 14.9. The first-order valence-corrected chi connectivity index (χ1v) is 11.4. The molecule has 0 radical (unpaired) electrons. The van der Waals surface area contributed by atoms with Gasteiger partial charge in [-0.3, -0.25) is 19.2 Å². The van der Waals surface area contributed by atoms with Gasteiger partial charge in [-0.05, 0) is 31.6 Å². The number of nitrogens with one attached hydrogen (secondary N) is 4. The number of alkyl halides is 3. The van der Waals surface area contributed by atoms with Gasteiger partial charge in [-0.2, -0.15) is 13.2 Å². The van der Waals surface area contributed by atoms with Crippen molar-refractivity contribution < 1.29 is 32.3 Å². The van der Waals surface area contributed by atoms with E-state index in [9.17, 15) is 32.3 Å². The van der Waals surface area contributed by atoms with Gasteiger partial charge in [0, 0.05) is 18.5 Å². The summed E-state index contributed by atoms with van der Waals surface area (Å²) in [4.78, 5) is 48.1. The molecule has 0 aromatic heterocycles. The highest BCUT2D eigenvalue weighted by atomic mass is 19.4. The number of carbonyl (C=O) groups is 4. The molecule has 192 valence electrons. The van der Waals surface area contributed by atoms with E-state index in [0.717, 1.165) is 0 Å². The molecule has 0 bridgehead atoms. The monoisotopic (exact) mass is 480 g/mol. The summed E-state index contributed by atoms with van der Waals surface area (Å²) in [7, 11) is 0. The van der Waals surface area contributed by atoms with E-state index in [1.807, 2.05) is 27.7 Å². The zero-order valence-electron chi connectivity index (χ0n) is 20.4. The number of ketones is 1. The van der Waals surface area contributed by atoms with E-state index in [2.05, 4.69) is 16.0 Å². The average molecular weight is 481 g/mol. The molecule has 0 unspecified atom stereocenters. The van der Waals surface area contributed by atoms with Gasteiger partial charge in [0.15, 0.2) is 5.78 Å². The number of Topliss-reactive ketones (excluding diaryl/α,β-unsaturated/α-hetero) is 1. The summed E-state index contributed by atoms with van der Waals surface area (Å²) in [5.41, 5.74) is 0. The van der Waals surface area contributed by atoms with Gasteiger partial charge in [-0.15, -0.1) is 0 Å². The number of hydrogen-bond acceptors (Lipinski definition) is 5. The number of unbranched alkanes of at least 4 members (excludes halogenated alkanes) is 1. The molecule has 3 amide bonds. The summed E-state index contributed by atoms with van der Waals surface area (Å²) >= 11 is 0. The molecular weight excluding hydrogens is 441 g/mol. The average Bonchev–Trinajstić information content (AvgIpc) is 2.68. The summed E-state index contributed by atoms with van der Waals surface area (Å²) in [6, 6.07) is -1.19. The highest BCUT2D eigenvalue weighted by molar-refractivity contribution is 5.92. The first kappa shape index (κ1) is 30.8. The highest BCUT2D eigenvalue weighted by Crippen LogP contribution is 2.14. The molecule has 2 atom stereocenters. The van der Waals surface area contributed by atoms with E-state index in [1.54, 1.807) is 19.2 Å². The van der Waals surface area contributed by atoms with Crippen LogP contribution in [0.5, 0.6) is 0 Å². The predicted molar refractivity (Wildman–Crippen MR) is 119 cm³/mol. The quantitative estimate of drug-likeness (QED) is 0.268. The van der Waals surface area contributed by atoms with Gasteiger partial charge in [0.2, 0.25) is 11.8 Å². The molecule has 0 saturated heterocycles. The van der Waals surface area contributed by atoms with Crippen molar-refractivity contribution in [1.82, 2.24) is 21.3 Å². The number of carbonyl (C=O) groups excluding carboxylic acids is 4. The largest absolute Gasteiger partial charge is 0.471 e. The maximum atomic E-state index is 12.5. The van der Waals surface area contributed by atoms with Gasteiger partial charge < -0.3 is 21.3 Å². The van der Waals surface area contributed by atoms with Gasteiger partial charge in [0.1, 0.15) is 0 Å². The summed E-state index contributed by atoms with van der Waals surface area (Å²) < 4.78 is 36.6. The zero-order valence-corrected chi connectivity index (χ0v) is 20.4. The van der Waals surface area contributed by atoms with Crippen LogP contribution in [0.4, 0.5) is 13.2 Å². The minimum Gasteiger partial charge on any atom is -0.348 e. The van der Waals surface area contributed by atoms with Crippen molar-refractivity contribution in [2.24, 2.45) is 11.8 Å². The van der Waals surface area contributed by atoms with E-state index in [4.69, 9.17) is 0 Å². The molecule has 11 heteroatoms. The second-order valence-electron chi connectivity index (χ2n) is 9.15. The first-order valence-electron chi connectivity index (χ1n) is 11.4. The Balaban J connectivity index is 4.72. The van der Waals surface area contributed by atoms with E-state index in [-0.39, 0.29) is 55.5 Å².